The molecule has 0 N–H and O–H groups in total. The molecule has 0 atom stereocenters. The van der Waals surface area contributed by atoms with Crippen molar-refractivity contribution in [1.82, 2.24) is 0 Å². The molecule has 0 nitrogen and oxygen atoms in total. The molecule has 2 heteroatoms. The highest BCUT2D eigenvalue weighted by molar-refractivity contribution is 7.21. The summed E-state index contributed by atoms with van der Waals surface area (Å²) >= 11 is 3.94. The number of rotatable bonds is 11. The standard InChI is InChI=1S/C21H32S2/c1-4-6-8-10-12-18-14-15-22-21(18)20-16-19(17(3)23-20)13-11-9-7-5-2/h14-16H,4-13H2,1-3H3. The topological polar surface area (TPSA) is 0 Å². The first-order valence-corrected chi connectivity index (χ1v) is 11.1. The maximum Gasteiger partial charge on any atom is 0.0474 e. The second-order valence-corrected chi connectivity index (χ2v) is 8.76. The lowest BCUT2D eigenvalue weighted by atomic mass is 10.0. The Hall–Kier alpha value is -0.600. The van der Waals surface area contributed by atoms with Gasteiger partial charge < -0.3 is 0 Å². The summed E-state index contributed by atoms with van der Waals surface area (Å²) in [5.41, 5.74) is 3.16. The van der Waals surface area contributed by atoms with E-state index in [0.29, 0.717) is 0 Å². The van der Waals surface area contributed by atoms with Crippen LogP contribution in [0, 0.1) is 6.92 Å². The van der Waals surface area contributed by atoms with Crippen molar-refractivity contribution in [3.8, 4) is 9.75 Å². The Bertz CT molecular complexity index is 562. The van der Waals surface area contributed by atoms with Crippen LogP contribution in [0.3, 0.4) is 0 Å². The van der Waals surface area contributed by atoms with Gasteiger partial charge in [-0.05, 0) is 61.2 Å². The Morgan fingerprint density at radius 1 is 0.826 bits per heavy atom. The van der Waals surface area contributed by atoms with Gasteiger partial charge >= 0.3 is 0 Å². The van der Waals surface area contributed by atoms with E-state index in [4.69, 9.17) is 0 Å². The van der Waals surface area contributed by atoms with Gasteiger partial charge in [-0.15, -0.1) is 22.7 Å². The fourth-order valence-corrected chi connectivity index (χ4v) is 5.29. The molecule has 0 aliphatic carbocycles. The maximum absolute atomic E-state index is 2.48. The van der Waals surface area contributed by atoms with Crippen molar-refractivity contribution in [2.75, 3.05) is 0 Å². The molecule has 2 heterocycles. The third-order valence-corrected chi connectivity index (χ3v) is 6.82. The van der Waals surface area contributed by atoms with Crippen LogP contribution >= 0.6 is 22.7 Å². The van der Waals surface area contributed by atoms with Gasteiger partial charge in [0.25, 0.3) is 0 Å². The Labute approximate surface area is 151 Å². The van der Waals surface area contributed by atoms with Gasteiger partial charge in [-0.25, -0.2) is 0 Å². The first-order valence-electron chi connectivity index (χ1n) is 9.42. The molecule has 2 rings (SSSR count). The first kappa shape index (κ1) is 18.7. The predicted molar refractivity (Wildman–Crippen MR) is 108 cm³/mol. The molecule has 0 saturated carbocycles. The summed E-state index contributed by atoms with van der Waals surface area (Å²) in [5, 5.41) is 2.28. The van der Waals surface area contributed by atoms with Crippen LogP contribution in [0.25, 0.3) is 9.75 Å². The van der Waals surface area contributed by atoms with E-state index in [2.05, 4.69) is 38.3 Å². The van der Waals surface area contributed by atoms with Gasteiger partial charge in [0.15, 0.2) is 0 Å². The van der Waals surface area contributed by atoms with Crippen molar-refractivity contribution in [2.24, 2.45) is 0 Å². The molecule has 2 aromatic heterocycles. The van der Waals surface area contributed by atoms with Crippen LogP contribution in [0.1, 0.15) is 81.2 Å². The van der Waals surface area contributed by atoms with E-state index < -0.39 is 0 Å². The van der Waals surface area contributed by atoms with Gasteiger partial charge in [0, 0.05) is 14.6 Å². The van der Waals surface area contributed by atoms with E-state index in [9.17, 15) is 0 Å². The van der Waals surface area contributed by atoms with Gasteiger partial charge in [0.2, 0.25) is 0 Å². The molecule has 0 spiro atoms. The Morgan fingerprint density at radius 2 is 1.48 bits per heavy atom. The molecule has 0 bridgehead atoms. The minimum absolute atomic E-state index is 1.25. The molecular formula is C21H32S2. The van der Waals surface area contributed by atoms with Crippen LogP contribution in [0.2, 0.25) is 0 Å². The van der Waals surface area contributed by atoms with E-state index in [1.807, 2.05) is 22.7 Å². The zero-order valence-electron chi connectivity index (χ0n) is 15.1. The van der Waals surface area contributed by atoms with Crippen LogP contribution in [0.15, 0.2) is 17.5 Å². The summed E-state index contributed by atoms with van der Waals surface area (Å²) in [6, 6.07) is 4.83. The number of aryl methyl sites for hydroxylation is 3. The van der Waals surface area contributed by atoms with Crippen molar-refractivity contribution in [1.29, 1.82) is 0 Å². The van der Waals surface area contributed by atoms with Gasteiger partial charge in [0.1, 0.15) is 0 Å². The Balaban J connectivity index is 1.97. The summed E-state index contributed by atoms with van der Waals surface area (Å²) in [7, 11) is 0. The maximum atomic E-state index is 2.48. The van der Waals surface area contributed by atoms with Gasteiger partial charge in [-0.2, -0.15) is 0 Å². The molecule has 0 aromatic carbocycles. The highest BCUT2D eigenvalue weighted by Crippen LogP contribution is 2.38. The van der Waals surface area contributed by atoms with Crippen molar-refractivity contribution in [3.05, 3.63) is 33.5 Å². The monoisotopic (exact) mass is 348 g/mol. The summed E-state index contributed by atoms with van der Waals surface area (Å²) in [6.07, 6.45) is 13.3. The van der Waals surface area contributed by atoms with E-state index in [0.717, 1.165) is 0 Å². The molecule has 0 fully saturated rings. The van der Waals surface area contributed by atoms with Crippen LogP contribution < -0.4 is 0 Å². The van der Waals surface area contributed by atoms with Crippen molar-refractivity contribution < 1.29 is 0 Å². The van der Waals surface area contributed by atoms with Gasteiger partial charge in [0.05, 0.1) is 0 Å². The minimum Gasteiger partial charge on any atom is -0.143 e. The van der Waals surface area contributed by atoms with Crippen molar-refractivity contribution >= 4 is 22.7 Å². The summed E-state index contributed by atoms with van der Waals surface area (Å²) < 4.78 is 0. The second-order valence-electron chi connectivity index (χ2n) is 6.59. The number of unbranched alkanes of at least 4 members (excludes halogenated alkanes) is 6. The quantitative estimate of drug-likeness (QED) is 0.360. The number of hydrogen-bond acceptors (Lipinski definition) is 2. The van der Waals surface area contributed by atoms with Crippen LogP contribution in [0.5, 0.6) is 0 Å². The van der Waals surface area contributed by atoms with E-state index in [-0.39, 0.29) is 0 Å². The van der Waals surface area contributed by atoms with Crippen LogP contribution in [-0.2, 0) is 12.8 Å². The summed E-state index contributed by atoms with van der Waals surface area (Å²) in [4.78, 5) is 4.57. The first-order chi connectivity index (χ1) is 11.3. The van der Waals surface area contributed by atoms with E-state index in [1.165, 1.54) is 78.8 Å². The SMILES string of the molecule is CCCCCCc1cc(-c2sccc2CCCCCC)sc1C. The smallest absolute Gasteiger partial charge is 0.0474 e. The molecular weight excluding hydrogens is 316 g/mol. The molecule has 128 valence electrons. The average Bonchev–Trinajstić information content (AvgIpc) is 3.15. The largest absolute Gasteiger partial charge is 0.143 e. The molecule has 2 aromatic rings. The van der Waals surface area contributed by atoms with Crippen molar-refractivity contribution in [3.63, 3.8) is 0 Å². The Morgan fingerprint density at radius 3 is 2.13 bits per heavy atom. The number of thiophene rings is 2. The third kappa shape index (κ3) is 5.76. The lowest BCUT2D eigenvalue weighted by Gasteiger charge is -2.02. The zero-order chi connectivity index (χ0) is 16.5. The molecule has 23 heavy (non-hydrogen) atoms. The average molecular weight is 349 g/mol. The normalized spacial score (nSPS) is 11.3. The fraction of sp³-hybridized carbons (Fsp3) is 0.619. The lowest BCUT2D eigenvalue weighted by molar-refractivity contribution is 0.666. The van der Waals surface area contributed by atoms with E-state index >= 15 is 0 Å². The molecule has 0 radical (unpaired) electrons. The van der Waals surface area contributed by atoms with Gasteiger partial charge in [-0.1, -0.05) is 52.4 Å². The second kappa shape index (κ2) is 10.3. The van der Waals surface area contributed by atoms with Gasteiger partial charge in [-0.3, -0.25) is 0 Å². The number of hydrogen-bond donors (Lipinski definition) is 0. The summed E-state index contributed by atoms with van der Waals surface area (Å²) in [6.45, 7) is 6.87. The highest BCUT2D eigenvalue weighted by atomic mass is 32.1. The van der Waals surface area contributed by atoms with Crippen LogP contribution in [0.4, 0.5) is 0 Å². The summed E-state index contributed by atoms with van der Waals surface area (Å²) in [5.74, 6) is 0. The molecule has 0 saturated heterocycles. The molecule has 0 unspecified atom stereocenters. The van der Waals surface area contributed by atoms with Crippen LogP contribution in [-0.4, -0.2) is 0 Å². The zero-order valence-corrected chi connectivity index (χ0v) is 16.8. The molecule has 0 aliphatic rings. The fourth-order valence-electron chi connectivity index (χ4n) is 3.11. The highest BCUT2D eigenvalue weighted by Gasteiger charge is 2.12. The molecule has 0 aliphatic heterocycles. The Kier molecular flexibility index (Phi) is 8.39. The predicted octanol–water partition coefficient (Wildman–Crippen LogP) is 8.03. The van der Waals surface area contributed by atoms with Crippen molar-refractivity contribution in [2.45, 2.75) is 85.0 Å². The van der Waals surface area contributed by atoms with E-state index in [1.54, 1.807) is 11.1 Å². The minimum atomic E-state index is 1.25. The molecule has 0 amide bonds. The lowest BCUT2D eigenvalue weighted by Crippen LogP contribution is -1.86. The third-order valence-electron chi connectivity index (χ3n) is 4.59.